The molecule has 0 amide bonds. The molecule has 0 spiro atoms. The van der Waals surface area contributed by atoms with Gasteiger partial charge in [0, 0.05) is 46.3 Å². The van der Waals surface area contributed by atoms with Crippen LogP contribution in [-0.4, -0.2) is 29.6 Å². The van der Waals surface area contributed by atoms with Crippen molar-refractivity contribution in [1.29, 1.82) is 0 Å². The van der Waals surface area contributed by atoms with Gasteiger partial charge in [0.15, 0.2) is 0 Å². The van der Waals surface area contributed by atoms with Crippen LogP contribution in [-0.2, 0) is 6.54 Å². The first-order valence-electron chi connectivity index (χ1n) is 7.94. The predicted octanol–water partition coefficient (Wildman–Crippen LogP) is 4.42. The van der Waals surface area contributed by atoms with Gasteiger partial charge in [0.1, 0.15) is 0 Å². The van der Waals surface area contributed by atoms with Gasteiger partial charge in [-0.05, 0) is 43.0 Å². The summed E-state index contributed by atoms with van der Waals surface area (Å²) in [7, 11) is 0. The largest absolute Gasteiger partial charge is 0.370 e. The van der Waals surface area contributed by atoms with Crippen molar-refractivity contribution in [3.05, 3.63) is 28.2 Å². The third-order valence-electron chi connectivity index (χ3n) is 4.38. The summed E-state index contributed by atoms with van der Waals surface area (Å²) in [6.07, 6.45) is 3.94. The molecule has 2 nitrogen and oxygen atoms in total. The molecule has 0 radical (unpaired) electrons. The summed E-state index contributed by atoms with van der Waals surface area (Å²) in [4.78, 5) is 2.58. The van der Waals surface area contributed by atoms with Crippen LogP contribution in [0.25, 0.3) is 0 Å². The molecule has 21 heavy (non-hydrogen) atoms. The van der Waals surface area contributed by atoms with E-state index in [4.69, 9.17) is 0 Å². The highest BCUT2D eigenvalue weighted by Gasteiger charge is 2.25. The van der Waals surface area contributed by atoms with Gasteiger partial charge in [-0.25, -0.2) is 0 Å². The molecule has 1 heterocycles. The molecule has 1 N–H and O–H groups in total. The normalized spacial score (nSPS) is 22.1. The van der Waals surface area contributed by atoms with E-state index in [0.29, 0.717) is 4.75 Å². The van der Waals surface area contributed by atoms with E-state index in [9.17, 15) is 0 Å². The first-order chi connectivity index (χ1) is 10.0. The molecule has 0 atom stereocenters. The molecule has 116 valence electrons. The van der Waals surface area contributed by atoms with Crippen LogP contribution >= 0.6 is 27.7 Å². The molecule has 1 aromatic carbocycles. The molecule has 3 rings (SSSR count). The van der Waals surface area contributed by atoms with Crippen molar-refractivity contribution in [1.82, 2.24) is 5.32 Å². The molecule has 2 aliphatic rings. The number of hydrogen-bond acceptors (Lipinski definition) is 3. The molecule has 1 aliphatic carbocycles. The fourth-order valence-corrected chi connectivity index (χ4v) is 4.32. The lowest BCUT2D eigenvalue weighted by Crippen LogP contribution is -2.29. The van der Waals surface area contributed by atoms with Gasteiger partial charge in [-0.3, -0.25) is 0 Å². The molecule has 1 saturated carbocycles. The quantitative estimate of drug-likeness (QED) is 0.846. The summed E-state index contributed by atoms with van der Waals surface area (Å²) >= 11 is 5.74. The number of hydrogen-bond donors (Lipinski definition) is 1. The zero-order valence-electron chi connectivity index (χ0n) is 13.0. The topological polar surface area (TPSA) is 15.3 Å². The minimum atomic E-state index is 0.413. The van der Waals surface area contributed by atoms with Crippen molar-refractivity contribution in [2.24, 2.45) is 0 Å². The van der Waals surface area contributed by atoms with Gasteiger partial charge in [0.25, 0.3) is 0 Å². The van der Waals surface area contributed by atoms with Crippen LogP contribution in [0.15, 0.2) is 22.7 Å². The van der Waals surface area contributed by atoms with Crippen molar-refractivity contribution < 1.29 is 0 Å². The second-order valence-corrected chi connectivity index (χ2v) is 9.49. The van der Waals surface area contributed by atoms with Gasteiger partial charge in [0.05, 0.1) is 0 Å². The monoisotopic (exact) mass is 368 g/mol. The Hall–Kier alpha value is -0.190. The van der Waals surface area contributed by atoms with E-state index >= 15 is 0 Å². The summed E-state index contributed by atoms with van der Waals surface area (Å²) in [5.41, 5.74) is 2.85. The molecule has 4 heteroatoms. The van der Waals surface area contributed by atoms with E-state index < -0.39 is 0 Å². The number of rotatable bonds is 4. The highest BCUT2D eigenvalue weighted by molar-refractivity contribution is 9.10. The summed E-state index contributed by atoms with van der Waals surface area (Å²) in [5, 5.41) is 3.66. The average Bonchev–Trinajstić information content (AvgIpc) is 3.25. The second kappa shape index (κ2) is 6.51. The van der Waals surface area contributed by atoms with Gasteiger partial charge >= 0.3 is 0 Å². The summed E-state index contributed by atoms with van der Waals surface area (Å²) in [6, 6.07) is 7.51. The number of thioether (sulfide) groups is 1. The second-order valence-electron chi connectivity index (χ2n) is 6.77. The van der Waals surface area contributed by atoms with Gasteiger partial charge in [-0.15, -0.1) is 0 Å². The van der Waals surface area contributed by atoms with Gasteiger partial charge in [0.2, 0.25) is 0 Å². The van der Waals surface area contributed by atoms with Crippen molar-refractivity contribution in [2.45, 2.75) is 50.4 Å². The molecule has 1 saturated heterocycles. The smallest absolute Gasteiger partial charge is 0.0412 e. The molecule has 1 aliphatic heterocycles. The van der Waals surface area contributed by atoms with E-state index in [1.54, 1.807) is 0 Å². The standard InChI is InChI=1S/C17H25BrN2S/c1-17(2)7-8-20(9-10-21-17)16-6-3-14(18)11-13(16)12-19-15-4-5-15/h3,6,11,15,19H,4-5,7-10,12H2,1-2H3. The molecular weight excluding hydrogens is 344 g/mol. The number of nitrogens with zero attached hydrogens (tertiary/aromatic N) is 1. The Balaban J connectivity index is 1.76. The number of benzene rings is 1. The average molecular weight is 369 g/mol. The van der Waals surface area contributed by atoms with Crippen LogP contribution in [0.4, 0.5) is 5.69 Å². The van der Waals surface area contributed by atoms with Gasteiger partial charge < -0.3 is 10.2 Å². The van der Waals surface area contributed by atoms with E-state index in [2.05, 4.69) is 70.0 Å². The molecule has 0 bridgehead atoms. The Kier molecular flexibility index (Phi) is 4.87. The number of anilines is 1. The van der Waals surface area contributed by atoms with Crippen molar-refractivity contribution in [3.8, 4) is 0 Å². The van der Waals surface area contributed by atoms with Crippen LogP contribution in [0.2, 0.25) is 0 Å². The fourth-order valence-electron chi connectivity index (χ4n) is 2.81. The maximum absolute atomic E-state index is 3.66. The zero-order valence-corrected chi connectivity index (χ0v) is 15.4. The lowest BCUT2D eigenvalue weighted by Gasteiger charge is -2.26. The van der Waals surface area contributed by atoms with E-state index in [0.717, 1.165) is 25.7 Å². The Bertz CT molecular complexity index is 500. The first-order valence-corrected chi connectivity index (χ1v) is 9.72. The van der Waals surface area contributed by atoms with E-state index in [-0.39, 0.29) is 0 Å². The Labute approximate surface area is 141 Å². The van der Waals surface area contributed by atoms with Crippen LogP contribution in [0, 0.1) is 0 Å². The maximum atomic E-state index is 3.66. The molecule has 2 fully saturated rings. The first kappa shape index (κ1) is 15.7. The maximum Gasteiger partial charge on any atom is 0.0412 e. The van der Waals surface area contributed by atoms with Crippen molar-refractivity contribution >= 4 is 33.4 Å². The SMILES string of the molecule is CC1(C)CCN(c2ccc(Br)cc2CNC2CC2)CCS1. The lowest BCUT2D eigenvalue weighted by atomic mass is 10.1. The third kappa shape index (κ3) is 4.40. The lowest BCUT2D eigenvalue weighted by molar-refractivity contribution is 0.633. The van der Waals surface area contributed by atoms with Crippen LogP contribution in [0.1, 0.15) is 38.7 Å². The minimum Gasteiger partial charge on any atom is -0.370 e. The highest BCUT2D eigenvalue weighted by Crippen LogP contribution is 2.34. The summed E-state index contributed by atoms with van der Waals surface area (Å²) in [6.45, 7) is 8.06. The minimum absolute atomic E-state index is 0.413. The summed E-state index contributed by atoms with van der Waals surface area (Å²) < 4.78 is 1.60. The Morgan fingerprint density at radius 1 is 1.33 bits per heavy atom. The van der Waals surface area contributed by atoms with Crippen LogP contribution in [0.3, 0.4) is 0 Å². The fraction of sp³-hybridized carbons (Fsp3) is 0.647. The third-order valence-corrected chi connectivity index (χ3v) is 6.24. The molecular formula is C17H25BrN2S. The highest BCUT2D eigenvalue weighted by atomic mass is 79.9. The Morgan fingerprint density at radius 3 is 2.90 bits per heavy atom. The number of nitrogens with one attached hydrogen (secondary N) is 1. The molecule has 1 aromatic rings. The van der Waals surface area contributed by atoms with Crippen molar-refractivity contribution in [2.75, 3.05) is 23.7 Å². The van der Waals surface area contributed by atoms with Crippen molar-refractivity contribution in [3.63, 3.8) is 0 Å². The van der Waals surface area contributed by atoms with E-state index in [1.807, 2.05) is 0 Å². The number of halogens is 1. The van der Waals surface area contributed by atoms with Gasteiger partial charge in [-0.2, -0.15) is 11.8 Å². The van der Waals surface area contributed by atoms with E-state index in [1.165, 1.54) is 40.7 Å². The Morgan fingerprint density at radius 2 is 2.14 bits per heavy atom. The predicted molar refractivity (Wildman–Crippen MR) is 97.4 cm³/mol. The molecule has 0 unspecified atom stereocenters. The van der Waals surface area contributed by atoms with Gasteiger partial charge in [-0.1, -0.05) is 29.8 Å². The van der Waals surface area contributed by atoms with Crippen LogP contribution < -0.4 is 10.2 Å². The summed E-state index contributed by atoms with van der Waals surface area (Å²) in [5.74, 6) is 1.22. The zero-order chi connectivity index (χ0) is 14.9. The molecule has 0 aromatic heterocycles. The van der Waals surface area contributed by atoms with Crippen LogP contribution in [0.5, 0.6) is 0 Å².